The van der Waals surface area contributed by atoms with Gasteiger partial charge in [-0.1, -0.05) is 25.1 Å². The Morgan fingerprint density at radius 2 is 2.00 bits per heavy atom. The van der Waals surface area contributed by atoms with E-state index in [2.05, 4.69) is 0 Å². The molecule has 0 saturated carbocycles. The average molecular weight is 270 g/mol. The third-order valence-corrected chi connectivity index (χ3v) is 3.63. The van der Waals surface area contributed by atoms with E-state index in [4.69, 9.17) is 16.3 Å². The van der Waals surface area contributed by atoms with Crippen LogP contribution in [0.15, 0.2) is 24.3 Å². The van der Waals surface area contributed by atoms with E-state index < -0.39 is 0 Å². The first kappa shape index (κ1) is 14.8. The summed E-state index contributed by atoms with van der Waals surface area (Å²) < 4.78 is 5.32. The van der Waals surface area contributed by atoms with Gasteiger partial charge in [0.15, 0.2) is 0 Å². The molecule has 1 aromatic carbocycles. The van der Waals surface area contributed by atoms with Crippen LogP contribution in [0, 0.1) is 5.92 Å². The molecule has 4 heteroatoms. The van der Waals surface area contributed by atoms with Crippen LogP contribution in [-0.4, -0.2) is 30.8 Å². The second kappa shape index (κ2) is 6.64. The topological polar surface area (TPSA) is 29.5 Å². The number of rotatable bonds is 5. The maximum Gasteiger partial charge on any atom is 0.226 e. The number of carbonyl (C=O) groups is 1. The number of amides is 1. The second-order valence-electron chi connectivity index (χ2n) is 4.42. The number of nitrogens with zero attached hydrogens (tertiary/aromatic N) is 1. The van der Waals surface area contributed by atoms with Crippen LogP contribution in [0.2, 0.25) is 0 Å². The Balaban J connectivity index is 2.92. The molecule has 0 aliphatic carbocycles. The monoisotopic (exact) mass is 269 g/mol. The molecule has 1 amide bonds. The highest BCUT2D eigenvalue weighted by molar-refractivity contribution is 6.19. The van der Waals surface area contributed by atoms with Gasteiger partial charge in [-0.25, -0.2) is 0 Å². The lowest BCUT2D eigenvalue weighted by Crippen LogP contribution is -2.34. The molecule has 2 unspecified atom stereocenters. The Kier molecular flexibility index (Phi) is 5.48. The summed E-state index contributed by atoms with van der Waals surface area (Å²) in [5.41, 5.74) is 0.998. The van der Waals surface area contributed by atoms with E-state index in [0.29, 0.717) is 5.88 Å². The highest BCUT2D eigenvalue weighted by Gasteiger charge is 2.23. The summed E-state index contributed by atoms with van der Waals surface area (Å²) in [6.45, 7) is 3.82. The SMILES string of the molecule is COc1ccccc1C(C)N(C)C(=O)C(C)CCl. The van der Waals surface area contributed by atoms with Crippen LogP contribution in [0.4, 0.5) is 0 Å². The minimum absolute atomic E-state index is 0.0423. The number of hydrogen-bond donors (Lipinski definition) is 0. The van der Waals surface area contributed by atoms with E-state index in [1.165, 1.54) is 0 Å². The Bertz CT molecular complexity index is 409. The van der Waals surface area contributed by atoms with Gasteiger partial charge in [0.25, 0.3) is 0 Å². The molecule has 0 saturated heterocycles. The first-order valence-electron chi connectivity index (χ1n) is 5.98. The van der Waals surface area contributed by atoms with Gasteiger partial charge in [-0.3, -0.25) is 4.79 Å². The van der Waals surface area contributed by atoms with Gasteiger partial charge in [-0.05, 0) is 13.0 Å². The molecule has 0 aliphatic rings. The van der Waals surface area contributed by atoms with Gasteiger partial charge in [0.05, 0.1) is 13.2 Å². The molecule has 1 aromatic rings. The van der Waals surface area contributed by atoms with Crippen molar-refractivity contribution in [1.29, 1.82) is 0 Å². The average Bonchev–Trinajstić information content (AvgIpc) is 2.43. The zero-order chi connectivity index (χ0) is 13.7. The Morgan fingerprint density at radius 3 is 2.56 bits per heavy atom. The summed E-state index contributed by atoms with van der Waals surface area (Å²) in [4.78, 5) is 13.8. The van der Waals surface area contributed by atoms with Crippen molar-refractivity contribution in [1.82, 2.24) is 4.90 Å². The van der Waals surface area contributed by atoms with Crippen molar-refractivity contribution in [2.24, 2.45) is 5.92 Å². The molecule has 3 nitrogen and oxygen atoms in total. The smallest absolute Gasteiger partial charge is 0.226 e. The number of para-hydroxylation sites is 1. The Morgan fingerprint density at radius 1 is 1.39 bits per heavy atom. The van der Waals surface area contributed by atoms with Gasteiger partial charge in [0.2, 0.25) is 5.91 Å². The number of ether oxygens (including phenoxy) is 1. The molecule has 0 aliphatic heterocycles. The van der Waals surface area contributed by atoms with E-state index in [-0.39, 0.29) is 17.9 Å². The quantitative estimate of drug-likeness (QED) is 0.769. The van der Waals surface area contributed by atoms with Gasteiger partial charge in [0, 0.05) is 24.4 Å². The fraction of sp³-hybridized carbons (Fsp3) is 0.500. The normalized spacial score (nSPS) is 13.8. The fourth-order valence-electron chi connectivity index (χ4n) is 1.82. The van der Waals surface area contributed by atoms with Crippen LogP contribution in [0.3, 0.4) is 0 Å². The summed E-state index contributed by atoms with van der Waals surface area (Å²) in [5, 5.41) is 0. The van der Waals surface area contributed by atoms with E-state index in [0.717, 1.165) is 11.3 Å². The van der Waals surface area contributed by atoms with Crippen LogP contribution in [-0.2, 0) is 4.79 Å². The lowest BCUT2D eigenvalue weighted by Gasteiger charge is -2.28. The predicted octanol–water partition coefficient (Wildman–Crippen LogP) is 3.09. The molecule has 0 heterocycles. The molecule has 2 atom stereocenters. The number of carbonyl (C=O) groups excluding carboxylic acids is 1. The number of benzene rings is 1. The largest absolute Gasteiger partial charge is 0.496 e. The standard InChI is InChI=1S/C14H20ClNO2/c1-10(9-15)14(17)16(3)11(2)12-7-5-6-8-13(12)18-4/h5-8,10-11H,9H2,1-4H3. The minimum atomic E-state index is -0.172. The highest BCUT2D eigenvalue weighted by atomic mass is 35.5. The maximum absolute atomic E-state index is 12.1. The van der Waals surface area contributed by atoms with E-state index in [9.17, 15) is 4.79 Å². The molecule has 0 N–H and O–H groups in total. The number of halogens is 1. The summed E-state index contributed by atoms with van der Waals surface area (Å²) in [7, 11) is 3.43. The first-order valence-corrected chi connectivity index (χ1v) is 6.51. The third kappa shape index (κ3) is 3.16. The van der Waals surface area contributed by atoms with E-state index in [1.54, 1.807) is 19.1 Å². The number of methoxy groups -OCH3 is 1. The molecule has 0 bridgehead atoms. The van der Waals surface area contributed by atoms with Gasteiger partial charge >= 0.3 is 0 Å². The van der Waals surface area contributed by atoms with Gasteiger partial charge in [-0.15, -0.1) is 11.6 Å². The second-order valence-corrected chi connectivity index (χ2v) is 4.73. The van der Waals surface area contributed by atoms with Crippen molar-refractivity contribution in [2.75, 3.05) is 20.0 Å². The van der Waals surface area contributed by atoms with E-state index >= 15 is 0 Å². The molecule has 1 rings (SSSR count). The number of hydrogen-bond acceptors (Lipinski definition) is 2. The van der Waals surface area contributed by atoms with Crippen LogP contribution < -0.4 is 4.74 Å². The van der Waals surface area contributed by atoms with Crippen LogP contribution in [0.25, 0.3) is 0 Å². The van der Waals surface area contributed by atoms with Crippen molar-refractivity contribution in [3.8, 4) is 5.75 Å². The van der Waals surface area contributed by atoms with E-state index in [1.807, 2.05) is 38.1 Å². The van der Waals surface area contributed by atoms with Crippen molar-refractivity contribution in [3.63, 3.8) is 0 Å². The van der Waals surface area contributed by atoms with Gasteiger partial charge < -0.3 is 9.64 Å². The molecule has 0 fully saturated rings. The van der Waals surface area contributed by atoms with Crippen molar-refractivity contribution < 1.29 is 9.53 Å². The summed E-state index contributed by atoms with van der Waals surface area (Å²) in [6.07, 6.45) is 0. The molecular formula is C14H20ClNO2. The van der Waals surface area contributed by atoms with Crippen LogP contribution in [0.1, 0.15) is 25.5 Å². The van der Waals surface area contributed by atoms with Gasteiger partial charge in [0.1, 0.15) is 5.75 Å². The predicted molar refractivity (Wildman–Crippen MR) is 74.1 cm³/mol. The minimum Gasteiger partial charge on any atom is -0.496 e. The molecule has 18 heavy (non-hydrogen) atoms. The summed E-state index contributed by atoms with van der Waals surface area (Å²) in [6, 6.07) is 7.68. The lowest BCUT2D eigenvalue weighted by molar-refractivity contribution is -0.134. The molecule has 0 aromatic heterocycles. The zero-order valence-corrected chi connectivity index (χ0v) is 12.1. The highest BCUT2D eigenvalue weighted by Crippen LogP contribution is 2.28. The fourth-order valence-corrected chi connectivity index (χ4v) is 1.96. The summed E-state index contributed by atoms with van der Waals surface area (Å²) >= 11 is 5.73. The van der Waals surface area contributed by atoms with Crippen molar-refractivity contribution >= 4 is 17.5 Å². The van der Waals surface area contributed by atoms with Crippen molar-refractivity contribution in [2.45, 2.75) is 19.9 Å². The van der Waals surface area contributed by atoms with Crippen molar-refractivity contribution in [3.05, 3.63) is 29.8 Å². The number of alkyl halides is 1. The molecule has 0 radical (unpaired) electrons. The van der Waals surface area contributed by atoms with Crippen LogP contribution >= 0.6 is 11.6 Å². The Labute approximate surface area is 114 Å². The maximum atomic E-state index is 12.1. The molecule has 0 spiro atoms. The third-order valence-electron chi connectivity index (χ3n) is 3.17. The van der Waals surface area contributed by atoms with Gasteiger partial charge in [-0.2, -0.15) is 0 Å². The molecule has 100 valence electrons. The summed E-state index contributed by atoms with van der Waals surface area (Å²) in [5.74, 6) is 1.00. The first-order chi connectivity index (χ1) is 8.52. The Hall–Kier alpha value is -1.22. The lowest BCUT2D eigenvalue weighted by atomic mass is 10.0. The molecular weight excluding hydrogens is 250 g/mol. The van der Waals surface area contributed by atoms with Crippen LogP contribution in [0.5, 0.6) is 5.75 Å². The zero-order valence-electron chi connectivity index (χ0n) is 11.3.